The number of nitrogens with one attached hydrogen (secondary N) is 1. The molecule has 3 aromatic rings. The number of nitrogens with zero attached hydrogens (tertiary/aromatic N) is 4. The SMILES string of the molecule is CC(=O)c1cnc(-c2cnc3ccc(F)cn23)nc1C[C@@H]1CCCNC1. The first-order chi connectivity index (χ1) is 12.6. The highest BCUT2D eigenvalue weighted by molar-refractivity contribution is 5.95. The van der Waals surface area contributed by atoms with Crippen molar-refractivity contribution in [2.45, 2.75) is 26.2 Å². The number of rotatable bonds is 4. The lowest BCUT2D eigenvalue weighted by atomic mass is 9.92. The van der Waals surface area contributed by atoms with Crippen molar-refractivity contribution in [2.24, 2.45) is 5.92 Å². The molecule has 1 aliphatic heterocycles. The van der Waals surface area contributed by atoms with Crippen LogP contribution in [0.1, 0.15) is 35.8 Å². The van der Waals surface area contributed by atoms with Crippen molar-refractivity contribution in [1.29, 1.82) is 0 Å². The Hall–Kier alpha value is -2.67. The first-order valence-corrected chi connectivity index (χ1v) is 8.82. The topological polar surface area (TPSA) is 72.2 Å². The zero-order valence-electron chi connectivity index (χ0n) is 14.6. The summed E-state index contributed by atoms with van der Waals surface area (Å²) in [5, 5.41) is 3.39. The molecule has 1 fully saturated rings. The van der Waals surface area contributed by atoms with Crippen molar-refractivity contribution in [1.82, 2.24) is 24.7 Å². The van der Waals surface area contributed by atoms with Gasteiger partial charge < -0.3 is 5.32 Å². The molecule has 4 heterocycles. The molecular weight excluding hydrogens is 333 g/mol. The van der Waals surface area contributed by atoms with Crippen LogP contribution < -0.4 is 5.32 Å². The number of piperidine rings is 1. The Bertz CT molecular complexity index is 962. The van der Waals surface area contributed by atoms with Crippen molar-refractivity contribution >= 4 is 11.4 Å². The number of pyridine rings is 1. The highest BCUT2D eigenvalue weighted by Crippen LogP contribution is 2.22. The van der Waals surface area contributed by atoms with E-state index < -0.39 is 0 Å². The lowest BCUT2D eigenvalue weighted by molar-refractivity contribution is 0.101. The number of Topliss-reactive ketones (excluding diaryl/α,β-unsaturated/α-hetero) is 1. The molecule has 7 heteroatoms. The highest BCUT2D eigenvalue weighted by atomic mass is 19.1. The fraction of sp³-hybridized carbons (Fsp3) is 0.368. The van der Waals surface area contributed by atoms with Crippen LogP contribution in [0.4, 0.5) is 4.39 Å². The molecule has 1 atom stereocenters. The Kier molecular flexibility index (Phi) is 4.46. The van der Waals surface area contributed by atoms with E-state index in [1.807, 2.05) is 0 Å². The molecule has 0 saturated carbocycles. The van der Waals surface area contributed by atoms with E-state index in [-0.39, 0.29) is 11.6 Å². The average Bonchev–Trinajstić information content (AvgIpc) is 3.05. The van der Waals surface area contributed by atoms with Gasteiger partial charge in [-0.1, -0.05) is 0 Å². The monoisotopic (exact) mass is 353 g/mol. The zero-order valence-corrected chi connectivity index (χ0v) is 14.6. The van der Waals surface area contributed by atoms with Crippen LogP contribution in [0.3, 0.4) is 0 Å². The third-order valence-electron chi connectivity index (χ3n) is 4.83. The molecular formula is C19H20FN5O. The maximum Gasteiger partial charge on any atom is 0.178 e. The van der Waals surface area contributed by atoms with Crippen LogP contribution in [-0.2, 0) is 6.42 Å². The Morgan fingerprint density at radius 3 is 3.00 bits per heavy atom. The molecule has 3 aromatic heterocycles. The van der Waals surface area contributed by atoms with Crippen LogP contribution >= 0.6 is 0 Å². The lowest BCUT2D eigenvalue weighted by Gasteiger charge is -2.23. The normalized spacial score (nSPS) is 17.5. The van der Waals surface area contributed by atoms with Gasteiger partial charge in [-0.15, -0.1) is 0 Å². The fourth-order valence-electron chi connectivity index (χ4n) is 3.48. The average molecular weight is 353 g/mol. The summed E-state index contributed by atoms with van der Waals surface area (Å²) in [4.78, 5) is 25.3. The second-order valence-corrected chi connectivity index (χ2v) is 6.75. The van der Waals surface area contributed by atoms with Gasteiger partial charge in [-0.3, -0.25) is 9.20 Å². The Morgan fingerprint density at radius 2 is 2.23 bits per heavy atom. The van der Waals surface area contributed by atoms with E-state index in [4.69, 9.17) is 0 Å². The van der Waals surface area contributed by atoms with Crippen LogP contribution in [0, 0.1) is 11.7 Å². The number of carbonyl (C=O) groups excluding carboxylic acids is 1. The smallest absolute Gasteiger partial charge is 0.178 e. The molecule has 0 aliphatic carbocycles. The Morgan fingerprint density at radius 1 is 1.35 bits per heavy atom. The van der Waals surface area contributed by atoms with Crippen molar-refractivity contribution < 1.29 is 9.18 Å². The number of ketones is 1. The maximum atomic E-state index is 13.6. The predicted molar refractivity (Wildman–Crippen MR) is 95.5 cm³/mol. The third-order valence-corrected chi connectivity index (χ3v) is 4.83. The highest BCUT2D eigenvalue weighted by Gasteiger charge is 2.20. The summed E-state index contributed by atoms with van der Waals surface area (Å²) in [7, 11) is 0. The van der Waals surface area contributed by atoms with Gasteiger partial charge in [-0.25, -0.2) is 19.3 Å². The van der Waals surface area contributed by atoms with Crippen molar-refractivity contribution in [3.05, 3.63) is 47.8 Å². The standard InChI is InChI=1S/C19H20FN5O/c1-12(26)15-9-23-19(24-16(15)7-13-3-2-6-21-8-13)17-10-22-18-5-4-14(20)11-25(17)18/h4-5,9-11,13,21H,2-3,6-8H2,1H3/t13-/m0/s1. The number of hydrogen-bond acceptors (Lipinski definition) is 5. The van der Waals surface area contributed by atoms with Crippen molar-refractivity contribution in [3.63, 3.8) is 0 Å². The minimum atomic E-state index is -0.356. The summed E-state index contributed by atoms with van der Waals surface area (Å²) in [6.07, 6.45) is 7.54. The van der Waals surface area contributed by atoms with Gasteiger partial charge in [0.1, 0.15) is 17.2 Å². The lowest BCUT2D eigenvalue weighted by Crippen LogP contribution is -2.31. The van der Waals surface area contributed by atoms with E-state index in [1.165, 1.54) is 19.2 Å². The maximum absolute atomic E-state index is 13.6. The van der Waals surface area contributed by atoms with Crippen LogP contribution in [0.5, 0.6) is 0 Å². The van der Waals surface area contributed by atoms with E-state index in [1.54, 1.807) is 22.9 Å². The molecule has 1 N–H and O–H groups in total. The number of fused-ring (bicyclic) bond motifs is 1. The first-order valence-electron chi connectivity index (χ1n) is 8.82. The minimum Gasteiger partial charge on any atom is -0.316 e. The first kappa shape index (κ1) is 16.8. The summed E-state index contributed by atoms with van der Waals surface area (Å²) in [6, 6.07) is 2.98. The van der Waals surface area contributed by atoms with Gasteiger partial charge in [0.15, 0.2) is 11.6 Å². The van der Waals surface area contributed by atoms with Crippen LogP contribution in [0.25, 0.3) is 17.2 Å². The second kappa shape index (κ2) is 6.92. The van der Waals surface area contributed by atoms with Gasteiger partial charge in [0.05, 0.1) is 17.5 Å². The number of aromatic nitrogens is 4. The van der Waals surface area contributed by atoms with Gasteiger partial charge >= 0.3 is 0 Å². The molecule has 26 heavy (non-hydrogen) atoms. The van der Waals surface area contributed by atoms with Gasteiger partial charge in [-0.2, -0.15) is 0 Å². The molecule has 1 aliphatic rings. The summed E-state index contributed by atoms with van der Waals surface area (Å²) >= 11 is 0. The molecule has 0 aromatic carbocycles. The van der Waals surface area contributed by atoms with Crippen LogP contribution in [0.15, 0.2) is 30.7 Å². The second-order valence-electron chi connectivity index (χ2n) is 6.75. The van der Waals surface area contributed by atoms with E-state index in [9.17, 15) is 9.18 Å². The molecule has 1 saturated heterocycles. The Labute approximate surface area is 150 Å². The minimum absolute atomic E-state index is 0.0421. The van der Waals surface area contributed by atoms with Gasteiger partial charge in [-0.05, 0) is 57.3 Å². The summed E-state index contributed by atoms with van der Waals surface area (Å²) in [6.45, 7) is 3.50. The van der Waals surface area contributed by atoms with Crippen LogP contribution in [-0.4, -0.2) is 38.2 Å². The molecule has 4 rings (SSSR count). The zero-order chi connectivity index (χ0) is 18.1. The molecule has 0 radical (unpaired) electrons. The number of halogens is 1. The fourth-order valence-corrected chi connectivity index (χ4v) is 3.48. The van der Waals surface area contributed by atoms with Gasteiger partial charge in [0.2, 0.25) is 0 Å². The Balaban J connectivity index is 1.75. The molecule has 0 bridgehead atoms. The summed E-state index contributed by atoms with van der Waals surface area (Å²) in [5.74, 6) is 0.501. The van der Waals surface area contributed by atoms with Crippen molar-refractivity contribution in [3.8, 4) is 11.5 Å². The number of carbonyl (C=O) groups is 1. The van der Waals surface area contributed by atoms with E-state index in [0.29, 0.717) is 28.6 Å². The summed E-state index contributed by atoms with van der Waals surface area (Å²) < 4.78 is 15.3. The molecule has 0 amide bonds. The van der Waals surface area contributed by atoms with E-state index in [0.717, 1.165) is 38.0 Å². The number of hydrogen-bond donors (Lipinski definition) is 1. The van der Waals surface area contributed by atoms with Crippen LogP contribution in [0.2, 0.25) is 0 Å². The quantitative estimate of drug-likeness (QED) is 0.730. The molecule has 0 spiro atoms. The number of imidazole rings is 1. The molecule has 0 unspecified atom stereocenters. The van der Waals surface area contributed by atoms with Gasteiger partial charge in [0.25, 0.3) is 0 Å². The van der Waals surface area contributed by atoms with Gasteiger partial charge in [0, 0.05) is 12.4 Å². The molecule has 6 nitrogen and oxygen atoms in total. The van der Waals surface area contributed by atoms with Crippen molar-refractivity contribution in [2.75, 3.05) is 13.1 Å². The summed E-state index contributed by atoms with van der Waals surface area (Å²) in [5.41, 5.74) is 2.54. The van der Waals surface area contributed by atoms with E-state index in [2.05, 4.69) is 20.3 Å². The molecule has 134 valence electrons. The largest absolute Gasteiger partial charge is 0.316 e. The predicted octanol–water partition coefficient (Wildman–Crippen LogP) is 2.68. The van der Waals surface area contributed by atoms with E-state index >= 15 is 0 Å². The third kappa shape index (κ3) is 3.22.